The van der Waals surface area contributed by atoms with Crippen LogP contribution in [0.4, 0.5) is 0 Å². The molecule has 1 amide bonds. The maximum atomic E-state index is 12.3. The zero-order valence-corrected chi connectivity index (χ0v) is 10.6. The van der Waals surface area contributed by atoms with Crippen LogP contribution in [0.1, 0.15) is 36.3 Å². The van der Waals surface area contributed by atoms with Gasteiger partial charge in [-0.3, -0.25) is 4.79 Å². The van der Waals surface area contributed by atoms with E-state index in [-0.39, 0.29) is 0 Å². The van der Waals surface area contributed by atoms with E-state index >= 15 is 0 Å². The number of nitrogens with zero attached hydrogens (tertiary/aromatic N) is 1. The van der Waals surface area contributed by atoms with Crippen molar-refractivity contribution in [3.05, 3.63) is 47.5 Å². The largest absolute Gasteiger partial charge is 0.339 e. The molecule has 1 atom stereocenters. The summed E-state index contributed by atoms with van der Waals surface area (Å²) in [4.78, 5) is 14.2. The molecule has 0 fully saturated rings. The van der Waals surface area contributed by atoms with Gasteiger partial charge < -0.3 is 4.90 Å². The summed E-state index contributed by atoms with van der Waals surface area (Å²) in [7, 11) is 0. The lowest BCUT2D eigenvalue weighted by Gasteiger charge is -2.25. The molecule has 2 nitrogen and oxygen atoms in total. The predicted octanol–water partition coefficient (Wildman–Crippen LogP) is 2.90. The summed E-state index contributed by atoms with van der Waals surface area (Å²) < 4.78 is 0. The van der Waals surface area contributed by atoms with E-state index in [1.165, 1.54) is 11.1 Å². The van der Waals surface area contributed by atoms with Gasteiger partial charge >= 0.3 is 0 Å². The van der Waals surface area contributed by atoms with Gasteiger partial charge in [0.05, 0.1) is 0 Å². The quantitative estimate of drug-likeness (QED) is 0.729. The van der Waals surface area contributed by atoms with Crippen molar-refractivity contribution in [1.29, 1.82) is 0 Å². The highest BCUT2D eigenvalue weighted by atomic mass is 16.2. The average Bonchev–Trinajstić information content (AvgIpc) is 2.83. The summed E-state index contributed by atoms with van der Waals surface area (Å²) >= 11 is 0. The van der Waals surface area contributed by atoms with Crippen LogP contribution < -0.4 is 0 Å². The summed E-state index contributed by atoms with van der Waals surface area (Å²) in [5.74, 6) is 0.764. The molecule has 1 aromatic rings. The van der Waals surface area contributed by atoms with E-state index in [0.29, 0.717) is 18.2 Å². The van der Waals surface area contributed by atoms with Crippen LogP contribution in [-0.2, 0) is 11.2 Å². The van der Waals surface area contributed by atoms with Crippen LogP contribution >= 0.6 is 0 Å². The van der Waals surface area contributed by atoms with Gasteiger partial charge in [-0.05, 0) is 36.3 Å². The van der Waals surface area contributed by atoms with Crippen LogP contribution in [0.5, 0.6) is 0 Å². The Labute approximate surface area is 108 Å². The molecule has 1 aliphatic heterocycles. The molecule has 1 aromatic carbocycles. The lowest BCUT2D eigenvalue weighted by atomic mass is 9.97. The number of hydrogen-bond acceptors (Lipinski definition) is 1. The minimum Gasteiger partial charge on any atom is -0.339 e. The lowest BCUT2D eigenvalue weighted by Crippen LogP contribution is -2.34. The number of fused-ring (bicyclic) bond motifs is 1. The maximum absolute atomic E-state index is 12.3. The van der Waals surface area contributed by atoms with Gasteiger partial charge in [0.2, 0.25) is 5.91 Å². The molecule has 0 N–H and O–H groups in total. The maximum Gasteiger partial charge on any atom is 0.223 e. The Kier molecular flexibility index (Phi) is 3.18. The fourth-order valence-electron chi connectivity index (χ4n) is 3.07. The molecule has 1 unspecified atom stereocenters. The van der Waals surface area contributed by atoms with Crippen LogP contribution in [0.3, 0.4) is 0 Å². The highest BCUT2D eigenvalue weighted by Crippen LogP contribution is 2.35. The van der Waals surface area contributed by atoms with E-state index in [2.05, 4.69) is 36.4 Å². The molecule has 0 radical (unpaired) electrons. The van der Waals surface area contributed by atoms with Crippen LogP contribution in [0.15, 0.2) is 36.4 Å². The van der Waals surface area contributed by atoms with Crippen molar-refractivity contribution in [2.24, 2.45) is 0 Å². The van der Waals surface area contributed by atoms with Gasteiger partial charge in [-0.1, -0.05) is 36.4 Å². The van der Waals surface area contributed by atoms with Crippen molar-refractivity contribution in [3.63, 3.8) is 0 Å². The van der Waals surface area contributed by atoms with Crippen molar-refractivity contribution in [2.45, 2.75) is 31.6 Å². The smallest absolute Gasteiger partial charge is 0.223 e. The molecule has 0 saturated heterocycles. The molecule has 0 spiro atoms. The minimum absolute atomic E-state index is 0.320. The van der Waals surface area contributed by atoms with Gasteiger partial charge in [-0.25, -0.2) is 0 Å². The Morgan fingerprint density at radius 1 is 1.28 bits per heavy atom. The minimum atomic E-state index is 0.320. The monoisotopic (exact) mass is 241 g/mol. The number of carbonyl (C=O) groups excluding carboxylic acids is 1. The summed E-state index contributed by atoms with van der Waals surface area (Å²) in [5, 5.41) is 0. The molecule has 1 heterocycles. The summed E-state index contributed by atoms with van der Waals surface area (Å²) in [6, 6.07) is 8.57. The standard InChI is InChI=1S/C16H19NO/c18-16(17-10-4-1-5-11-17)12-14-9-8-13-6-2-3-7-15(13)14/h1-4,6-7,14H,5,8-12H2. The third-order valence-corrected chi connectivity index (χ3v) is 4.09. The average molecular weight is 241 g/mol. The van der Waals surface area contributed by atoms with E-state index in [0.717, 1.165) is 32.4 Å². The molecule has 0 saturated carbocycles. The van der Waals surface area contributed by atoms with E-state index in [4.69, 9.17) is 0 Å². The van der Waals surface area contributed by atoms with Gasteiger partial charge in [0.25, 0.3) is 0 Å². The second-order valence-electron chi connectivity index (χ2n) is 5.24. The molecular weight excluding hydrogens is 222 g/mol. The van der Waals surface area contributed by atoms with E-state index in [9.17, 15) is 4.79 Å². The van der Waals surface area contributed by atoms with Crippen molar-refractivity contribution in [3.8, 4) is 0 Å². The molecule has 3 rings (SSSR count). The Morgan fingerprint density at radius 2 is 2.17 bits per heavy atom. The lowest BCUT2D eigenvalue weighted by molar-refractivity contribution is -0.131. The topological polar surface area (TPSA) is 20.3 Å². The van der Waals surface area contributed by atoms with Gasteiger partial charge in [-0.2, -0.15) is 0 Å². The molecule has 0 bridgehead atoms. The second kappa shape index (κ2) is 4.97. The summed E-state index contributed by atoms with van der Waals surface area (Å²) in [5.41, 5.74) is 2.84. The van der Waals surface area contributed by atoms with Gasteiger partial charge in [0, 0.05) is 19.5 Å². The van der Waals surface area contributed by atoms with E-state index < -0.39 is 0 Å². The highest BCUT2D eigenvalue weighted by molar-refractivity contribution is 5.77. The highest BCUT2D eigenvalue weighted by Gasteiger charge is 2.26. The molecule has 2 aliphatic rings. The van der Waals surface area contributed by atoms with Crippen LogP contribution in [-0.4, -0.2) is 23.9 Å². The molecule has 0 aromatic heterocycles. The molecule has 94 valence electrons. The first kappa shape index (κ1) is 11.5. The Balaban J connectivity index is 1.67. The number of benzene rings is 1. The van der Waals surface area contributed by atoms with Crippen molar-refractivity contribution < 1.29 is 4.79 Å². The first-order chi connectivity index (χ1) is 8.84. The molecule has 18 heavy (non-hydrogen) atoms. The van der Waals surface area contributed by atoms with Crippen molar-refractivity contribution in [1.82, 2.24) is 4.90 Å². The zero-order valence-electron chi connectivity index (χ0n) is 10.6. The number of rotatable bonds is 2. The Morgan fingerprint density at radius 3 is 3.00 bits per heavy atom. The van der Waals surface area contributed by atoms with Gasteiger partial charge in [-0.15, -0.1) is 0 Å². The SMILES string of the molecule is O=C(CC1CCc2ccccc21)N1CC=CCC1. The normalized spacial score (nSPS) is 22.0. The second-order valence-corrected chi connectivity index (χ2v) is 5.24. The van der Waals surface area contributed by atoms with Gasteiger partial charge in [0.1, 0.15) is 0 Å². The first-order valence-corrected chi connectivity index (χ1v) is 6.85. The molecular formula is C16H19NO. The third-order valence-electron chi connectivity index (χ3n) is 4.09. The molecule has 1 aliphatic carbocycles. The van der Waals surface area contributed by atoms with Gasteiger partial charge in [0.15, 0.2) is 0 Å². The number of aryl methyl sites for hydroxylation is 1. The van der Waals surface area contributed by atoms with E-state index in [1.807, 2.05) is 4.90 Å². The third kappa shape index (κ3) is 2.20. The Hall–Kier alpha value is -1.57. The van der Waals surface area contributed by atoms with Crippen LogP contribution in [0, 0.1) is 0 Å². The number of amides is 1. The predicted molar refractivity (Wildman–Crippen MR) is 72.5 cm³/mol. The van der Waals surface area contributed by atoms with Crippen LogP contribution in [0.2, 0.25) is 0 Å². The zero-order chi connectivity index (χ0) is 12.4. The summed E-state index contributed by atoms with van der Waals surface area (Å²) in [6.07, 6.45) is 8.22. The summed E-state index contributed by atoms with van der Waals surface area (Å²) in [6.45, 7) is 1.69. The van der Waals surface area contributed by atoms with E-state index in [1.54, 1.807) is 0 Å². The first-order valence-electron chi connectivity index (χ1n) is 6.85. The fraction of sp³-hybridized carbons (Fsp3) is 0.438. The number of hydrogen-bond donors (Lipinski definition) is 0. The van der Waals surface area contributed by atoms with Crippen molar-refractivity contribution >= 4 is 5.91 Å². The number of carbonyl (C=O) groups is 1. The van der Waals surface area contributed by atoms with Crippen molar-refractivity contribution in [2.75, 3.05) is 13.1 Å². The molecule has 2 heteroatoms. The van der Waals surface area contributed by atoms with Crippen LogP contribution in [0.25, 0.3) is 0 Å². The fourth-order valence-corrected chi connectivity index (χ4v) is 3.07. The Bertz CT molecular complexity index is 478.